The average molecular weight is 405 g/mol. The first-order valence-electron chi connectivity index (χ1n) is 11.0. The number of imidazole rings is 1. The molecule has 0 spiro atoms. The molecule has 0 radical (unpaired) electrons. The summed E-state index contributed by atoms with van der Waals surface area (Å²) in [4.78, 5) is 24.4. The quantitative estimate of drug-likeness (QED) is 0.610. The molecule has 1 aliphatic heterocycles. The fourth-order valence-corrected chi connectivity index (χ4v) is 4.54. The van der Waals surface area contributed by atoms with Crippen LogP contribution in [0.25, 0.3) is 22.0 Å². The van der Waals surface area contributed by atoms with E-state index in [1.165, 1.54) is 0 Å². The number of benzene rings is 1. The van der Waals surface area contributed by atoms with E-state index in [0.717, 1.165) is 66.0 Å². The van der Waals surface area contributed by atoms with Gasteiger partial charge in [0.1, 0.15) is 11.6 Å². The predicted octanol–water partition coefficient (Wildman–Crippen LogP) is 4.42. The Morgan fingerprint density at radius 3 is 2.73 bits per heavy atom. The molecule has 0 unspecified atom stereocenters. The second kappa shape index (κ2) is 8.68. The normalized spacial score (nSPS) is 17.7. The van der Waals surface area contributed by atoms with Gasteiger partial charge in [0.2, 0.25) is 0 Å². The topological polar surface area (TPSA) is 51.0 Å². The number of aromatic nitrogens is 3. The van der Waals surface area contributed by atoms with E-state index in [9.17, 15) is 4.79 Å². The second-order valence-electron chi connectivity index (χ2n) is 9.12. The summed E-state index contributed by atoms with van der Waals surface area (Å²) in [6.07, 6.45) is 6.34. The van der Waals surface area contributed by atoms with E-state index in [-0.39, 0.29) is 5.92 Å². The first kappa shape index (κ1) is 20.7. The molecule has 1 saturated heterocycles. The molecule has 0 aliphatic carbocycles. The van der Waals surface area contributed by atoms with E-state index < -0.39 is 0 Å². The molecule has 1 aliphatic rings. The number of aryl methyl sites for hydroxylation is 1. The Morgan fingerprint density at radius 2 is 2.00 bits per heavy atom. The van der Waals surface area contributed by atoms with Gasteiger partial charge in [0, 0.05) is 55.3 Å². The number of fused-ring (bicyclic) bond motifs is 1. The number of hydrogen-bond acceptors (Lipinski definition) is 4. The van der Waals surface area contributed by atoms with Crippen LogP contribution >= 0.6 is 0 Å². The lowest BCUT2D eigenvalue weighted by Crippen LogP contribution is -2.40. The van der Waals surface area contributed by atoms with Gasteiger partial charge in [0.25, 0.3) is 0 Å². The number of nitrogens with zero attached hydrogens (tertiary/aromatic N) is 4. The molecule has 3 heterocycles. The zero-order valence-corrected chi connectivity index (χ0v) is 18.6. The monoisotopic (exact) mass is 404 g/mol. The van der Waals surface area contributed by atoms with Crippen LogP contribution in [0.4, 0.5) is 0 Å². The van der Waals surface area contributed by atoms with Crippen molar-refractivity contribution in [3.8, 4) is 11.3 Å². The van der Waals surface area contributed by atoms with Gasteiger partial charge in [-0.05, 0) is 49.7 Å². The van der Waals surface area contributed by atoms with E-state index in [0.29, 0.717) is 18.1 Å². The molecule has 1 fully saturated rings. The van der Waals surface area contributed by atoms with Crippen LogP contribution in [0, 0.1) is 18.8 Å². The van der Waals surface area contributed by atoms with E-state index in [1.807, 2.05) is 26.4 Å². The number of ketones is 1. The highest BCUT2D eigenvalue weighted by Gasteiger charge is 2.26. The van der Waals surface area contributed by atoms with Crippen LogP contribution in [0.1, 0.15) is 38.2 Å². The first-order valence-corrected chi connectivity index (χ1v) is 11.0. The molecule has 0 N–H and O–H groups in total. The molecule has 0 bridgehead atoms. The minimum atomic E-state index is 0.138. The van der Waals surface area contributed by atoms with Crippen molar-refractivity contribution in [2.45, 2.75) is 40.0 Å². The Labute approximate surface area is 179 Å². The van der Waals surface area contributed by atoms with Crippen molar-refractivity contribution >= 4 is 16.6 Å². The largest absolute Gasteiger partial charge is 0.331 e. The molecule has 1 atom stereocenters. The Kier molecular flexibility index (Phi) is 6.00. The highest BCUT2D eigenvalue weighted by Crippen LogP contribution is 2.26. The van der Waals surface area contributed by atoms with Gasteiger partial charge in [-0.25, -0.2) is 4.98 Å². The van der Waals surface area contributed by atoms with Gasteiger partial charge in [-0.2, -0.15) is 0 Å². The van der Waals surface area contributed by atoms with Gasteiger partial charge in [0.05, 0.1) is 11.9 Å². The third-order valence-electron chi connectivity index (χ3n) is 6.23. The van der Waals surface area contributed by atoms with E-state index in [4.69, 9.17) is 0 Å². The van der Waals surface area contributed by atoms with Crippen molar-refractivity contribution in [1.29, 1.82) is 0 Å². The highest BCUT2D eigenvalue weighted by molar-refractivity contribution is 5.88. The van der Waals surface area contributed by atoms with Crippen LogP contribution in [-0.4, -0.2) is 44.9 Å². The smallest absolute Gasteiger partial charge is 0.143 e. The summed E-state index contributed by atoms with van der Waals surface area (Å²) < 4.78 is 2.10. The van der Waals surface area contributed by atoms with Gasteiger partial charge in [-0.1, -0.05) is 26.0 Å². The number of hydrogen-bond donors (Lipinski definition) is 0. The minimum Gasteiger partial charge on any atom is -0.331 e. The molecule has 2 aromatic heterocycles. The van der Waals surface area contributed by atoms with Gasteiger partial charge in [-0.15, -0.1) is 0 Å². The van der Waals surface area contributed by atoms with Crippen molar-refractivity contribution in [3.63, 3.8) is 0 Å². The summed E-state index contributed by atoms with van der Waals surface area (Å²) in [6, 6.07) is 8.45. The number of Topliss-reactive ketones (excluding diaryl/α,β-unsaturated/α-hetero) is 1. The Morgan fingerprint density at radius 1 is 1.17 bits per heavy atom. The fourth-order valence-electron chi connectivity index (χ4n) is 4.54. The summed E-state index contributed by atoms with van der Waals surface area (Å²) >= 11 is 0. The van der Waals surface area contributed by atoms with Crippen molar-refractivity contribution in [3.05, 3.63) is 48.2 Å². The average Bonchev–Trinajstić information content (AvgIpc) is 3.05. The van der Waals surface area contributed by atoms with Crippen LogP contribution in [0.3, 0.4) is 0 Å². The molecule has 5 nitrogen and oxygen atoms in total. The van der Waals surface area contributed by atoms with Crippen LogP contribution in [0.5, 0.6) is 0 Å². The van der Waals surface area contributed by atoms with Crippen LogP contribution in [-0.2, 0) is 18.3 Å². The first-order chi connectivity index (χ1) is 14.4. The molecular formula is C25H32N4O. The zero-order chi connectivity index (χ0) is 21.3. The van der Waals surface area contributed by atoms with Gasteiger partial charge < -0.3 is 9.47 Å². The number of likely N-dealkylation sites (tertiary alicyclic amines) is 1. The molecule has 5 heteroatoms. The summed E-state index contributed by atoms with van der Waals surface area (Å²) in [6.45, 7) is 9.58. The molecule has 0 saturated carbocycles. The molecule has 30 heavy (non-hydrogen) atoms. The third kappa shape index (κ3) is 4.46. The lowest BCUT2D eigenvalue weighted by Gasteiger charge is -2.33. The number of rotatable bonds is 6. The maximum absolute atomic E-state index is 13.0. The standard InChI is InChI=1S/C25H32N4O/c1-17(2)15-29-9-5-6-21(16-29)25(30)12-23-11-22-10-19(7-8-20(22)13-27-23)24-14-26-18(3)28(24)4/h7-8,10-11,13-14,17,21H,5-6,9,12,15-16H2,1-4H3/t21-/m1/s1. The lowest BCUT2D eigenvalue weighted by molar-refractivity contribution is -0.124. The summed E-state index contributed by atoms with van der Waals surface area (Å²) in [7, 11) is 2.03. The van der Waals surface area contributed by atoms with Gasteiger partial charge >= 0.3 is 0 Å². The van der Waals surface area contributed by atoms with Gasteiger partial charge in [-0.3, -0.25) is 9.78 Å². The predicted molar refractivity (Wildman–Crippen MR) is 121 cm³/mol. The van der Waals surface area contributed by atoms with E-state index in [1.54, 1.807) is 0 Å². The number of pyridine rings is 1. The van der Waals surface area contributed by atoms with Gasteiger partial charge in [0.15, 0.2) is 0 Å². The number of carbonyl (C=O) groups is 1. The Bertz CT molecular complexity index is 1050. The molecule has 0 amide bonds. The van der Waals surface area contributed by atoms with Crippen LogP contribution in [0.2, 0.25) is 0 Å². The Balaban J connectivity index is 1.51. The molecular weight excluding hydrogens is 372 g/mol. The minimum absolute atomic E-state index is 0.138. The van der Waals surface area contributed by atoms with Crippen molar-refractivity contribution < 1.29 is 4.79 Å². The number of carbonyl (C=O) groups excluding carboxylic acids is 1. The second-order valence-corrected chi connectivity index (χ2v) is 9.12. The number of piperidine rings is 1. The zero-order valence-electron chi connectivity index (χ0n) is 18.6. The van der Waals surface area contributed by atoms with Crippen LogP contribution < -0.4 is 0 Å². The maximum atomic E-state index is 13.0. The van der Waals surface area contributed by atoms with E-state index in [2.05, 4.69) is 57.5 Å². The fraction of sp³-hybridized carbons (Fsp3) is 0.480. The SMILES string of the molecule is Cc1ncc(-c2ccc3cnc(CC(=O)[C@@H]4CCCN(CC(C)C)C4)cc3c2)n1C. The summed E-state index contributed by atoms with van der Waals surface area (Å²) in [5, 5.41) is 2.21. The van der Waals surface area contributed by atoms with Crippen molar-refractivity contribution in [1.82, 2.24) is 19.4 Å². The summed E-state index contributed by atoms with van der Waals surface area (Å²) in [5.74, 6) is 2.09. The van der Waals surface area contributed by atoms with Crippen molar-refractivity contribution in [2.24, 2.45) is 18.9 Å². The third-order valence-corrected chi connectivity index (χ3v) is 6.23. The van der Waals surface area contributed by atoms with Crippen LogP contribution in [0.15, 0.2) is 36.7 Å². The summed E-state index contributed by atoms with van der Waals surface area (Å²) in [5.41, 5.74) is 3.09. The molecule has 4 rings (SSSR count). The maximum Gasteiger partial charge on any atom is 0.143 e. The highest BCUT2D eigenvalue weighted by atomic mass is 16.1. The lowest BCUT2D eigenvalue weighted by atomic mass is 9.90. The van der Waals surface area contributed by atoms with E-state index >= 15 is 0 Å². The molecule has 1 aromatic carbocycles. The molecule has 3 aromatic rings. The Hall–Kier alpha value is -2.53. The molecule has 158 valence electrons. The van der Waals surface area contributed by atoms with Crippen molar-refractivity contribution in [2.75, 3.05) is 19.6 Å².